The minimum absolute atomic E-state index is 0.0796. The summed E-state index contributed by atoms with van der Waals surface area (Å²) in [5.41, 5.74) is 1.55. The van der Waals surface area contributed by atoms with Gasteiger partial charge in [0.05, 0.1) is 33.2 Å². The van der Waals surface area contributed by atoms with Crippen LogP contribution >= 0.6 is 11.3 Å². The molecule has 0 saturated heterocycles. The van der Waals surface area contributed by atoms with Crippen LogP contribution in [0.3, 0.4) is 0 Å². The van der Waals surface area contributed by atoms with Gasteiger partial charge in [-0.15, -0.1) is 11.3 Å². The summed E-state index contributed by atoms with van der Waals surface area (Å²) >= 11 is 1.44. The molecule has 0 aliphatic carbocycles. The zero-order valence-corrected chi connectivity index (χ0v) is 19.4. The second-order valence-corrected chi connectivity index (χ2v) is 10.6. The van der Waals surface area contributed by atoms with Crippen molar-refractivity contribution < 1.29 is 17.6 Å². The minimum atomic E-state index is -3.93. The quantitative estimate of drug-likeness (QED) is 0.421. The molecule has 166 valence electrons. The van der Waals surface area contributed by atoms with Gasteiger partial charge in [0.25, 0.3) is 0 Å². The normalized spacial score (nSPS) is 11.8. The number of benzene rings is 2. The molecule has 32 heavy (non-hydrogen) atoms. The van der Waals surface area contributed by atoms with Crippen LogP contribution in [0.15, 0.2) is 70.0 Å². The monoisotopic (exact) mass is 469 g/mol. The molecule has 0 fully saturated rings. The lowest BCUT2D eigenvalue weighted by Crippen LogP contribution is -2.40. The second kappa shape index (κ2) is 9.23. The van der Waals surface area contributed by atoms with Crippen molar-refractivity contribution in [3.05, 3.63) is 82.8 Å². The molecule has 4 aromatic rings. The number of furan rings is 1. The van der Waals surface area contributed by atoms with Gasteiger partial charge in [-0.2, -0.15) is 4.31 Å². The van der Waals surface area contributed by atoms with E-state index in [0.29, 0.717) is 5.76 Å². The molecule has 1 amide bonds. The van der Waals surface area contributed by atoms with E-state index in [2.05, 4.69) is 10.3 Å². The third-order valence-electron chi connectivity index (χ3n) is 4.88. The lowest BCUT2D eigenvalue weighted by Gasteiger charge is -2.22. The Balaban J connectivity index is 1.58. The fourth-order valence-electron chi connectivity index (χ4n) is 3.32. The highest BCUT2D eigenvalue weighted by Crippen LogP contribution is 2.27. The molecule has 7 nitrogen and oxygen atoms in total. The van der Waals surface area contributed by atoms with Crippen molar-refractivity contribution in [2.45, 2.75) is 31.8 Å². The number of amides is 1. The Morgan fingerprint density at radius 2 is 1.88 bits per heavy atom. The molecular formula is C23H23N3O4S2. The Morgan fingerprint density at radius 3 is 2.59 bits per heavy atom. The smallest absolute Gasteiger partial charge is 0.243 e. The Kier molecular flexibility index (Phi) is 6.40. The molecule has 4 rings (SSSR count). The number of aromatic nitrogens is 1. The molecule has 1 N–H and O–H groups in total. The summed E-state index contributed by atoms with van der Waals surface area (Å²) in [4.78, 5) is 17.2. The highest BCUT2D eigenvalue weighted by Gasteiger charge is 2.27. The van der Waals surface area contributed by atoms with E-state index >= 15 is 0 Å². The van der Waals surface area contributed by atoms with Crippen molar-refractivity contribution in [1.29, 1.82) is 0 Å². The van der Waals surface area contributed by atoms with Crippen molar-refractivity contribution in [2.24, 2.45) is 0 Å². The van der Waals surface area contributed by atoms with Crippen molar-refractivity contribution in [3.8, 4) is 0 Å². The van der Waals surface area contributed by atoms with Crippen LogP contribution in [0.2, 0.25) is 0 Å². The Bertz CT molecular complexity index is 1340. The molecule has 0 radical (unpaired) electrons. The van der Waals surface area contributed by atoms with Gasteiger partial charge in [0, 0.05) is 6.54 Å². The van der Waals surface area contributed by atoms with Gasteiger partial charge in [0.1, 0.15) is 11.5 Å². The number of nitrogens with zero attached hydrogens (tertiary/aromatic N) is 2. The van der Waals surface area contributed by atoms with Gasteiger partial charge in [0.15, 0.2) is 0 Å². The van der Waals surface area contributed by atoms with Crippen LogP contribution in [0.25, 0.3) is 10.2 Å². The van der Waals surface area contributed by atoms with Gasteiger partial charge in [-0.05, 0) is 49.7 Å². The largest absolute Gasteiger partial charge is 0.465 e. The van der Waals surface area contributed by atoms with Crippen molar-refractivity contribution in [2.75, 3.05) is 6.54 Å². The topological polar surface area (TPSA) is 92.5 Å². The van der Waals surface area contributed by atoms with E-state index in [1.54, 1.807) is 24.3 Å². The number of nitrogens with one attached hydrogen (secondary N) is 1. The summed E-state index contributed by atoms with van der Waals surface area (Å²) in [6, 6.07) is 17.7. The van der Waals surface area contributed by atoms with Crippen LogP contribution in [0.1, 0.15) is 22.1 Å². The SMILES string of the molecule is Cc1ccc(CNC(=O)CN(Cc2ccccc2)S(=O)(=O)c2ccc3nc(C)sc3c2)o1. The van der Waals surface area contributed by atoms with E-state index in [0.717, 1.165) is 26.5 Å². The second-order valence-electron chi connectivity index (χ2n) is 7.41. The van der Waals surface area contributed by atoms with Gasteiger partial charge in [-0.1, -0.05) is 30.3 Å². The maximum atomic E-state index is 13.5. The van der Waals surface area contributed by atoms with Crippen LogP contribution < -0.4 is 5.32 Å². The van der Waals surface area contributed by atoms with Crippen LogP contribution in [0.5, 0.6) is 0 Å². The van der Waals surface area contributed by atoms with Crippen molar-refractivity contribution in [1.82, 2.24) is 14.6 Å². The number of carbonyl (C=O) groups is 1. The first-order valence-electron chi connectivity index (χ1n) is 10.0. The maximum Gasteiger partial charge on any atom is 0.243 e. The Morgan fingerprint density at radius 1 is 1.09 bits per heavy atom. The molecule has 0 aliphatic rings. The zero-order valence-electron chi connectivity index (χ0n) is 17.7. The predicted octanol–water partition coefficient (Wildman–Crippen LogP) is 4.01. The van der Waals surface area contributed by atoms with Crippen LogP contribution in [0.4, 0.5) is 0 Å². The van der Waals surface area contributed by atoms with Gasteiger partial charge in [0.2, 0.25) is 15.9 Å². The molecule has 2 aromatic heterocycles. The van der Waals surface area contributed by atoms with Crippen molar-refractivity contribution >= 4 is 37.5 Å². The maximum absolute atomic E-state index is 13.5. The standard InChI is InChI=1S/C23H23N3O4S2/c1-16-8-9-19(30-16)13-24-23(27)15-26(14-18-6-4-3-5-7-18)32(28,29)20-10-11-21-22(12-20)31-17(2)25-21/h3-12H,13-15H2,1-2H3,(H,24,27). The fourth-order valence-corrected chi connectivity index (χ4v) is 5.68. The number of carbonyl (C=O) groups excluding carboxylic acids is 1. The summed E-state index contributed by atoms with van der Waals surface area (Å²) in [7, 11) is -3.93. The van der Waals surface area contributed by atoms with Gasteiger partial charge < -0.3 is 9.73 Å². The lowest BCUT2D eigenvalue weighted by atomic mass is 10.2. The fraction of sp³-hybridized carbons (Fsp3) is 0.217. The van der Waals surface area contributed by atoms with Gasteiger partial charge >= 0.3 is 0 Å². The number of fused-ring (bicyclic) bond motifs is 1. The van der Waals surface area contributed by atoms with E-state index in [4.69, 9.17) is 4.42 Å². The first-order valence-corrected chi connectivity index (χ1v) is 12.3. The van der Waals surface area contributed by atoms with Crippen LogP contribution in [-0.4, -0.2) is 30.2 Å². The summed E-state index contributed by atoms with van der Waals surface area (Å²) in [6.07, 6.45) is 0. The molecule has 9 heteroatoms. The number of sulfonamides is 1. The molecule has 2 heterocycles. The third kappa shape index (κ3) is 5.07. The highest BCUT2D eigenvalue weighted by molar-refractivity contribution is 7.89. The average molecular weight is 470 g/mol. The van der Waals surface area contributed by atoms with E-state index in [1.807, 2.05) is 50.2 Å². The van der Waals surface area contributed by atoms with Gasteiger partial charge in [-0.3, -0.25) is 4.79 Å². The van der Waals surface area contributed by atoms with Crippen LogP contribution in [-0.2, 0) is 27.9 Å². The Hall–Kier alpha value is -3.01. The zero-order chi connectivity index (χ0) is 22.7. The summed E-state index contributed by atoms with van der Waals surface area (Å²) < 4.78 is 34.5. The summed E-state index contributed by atoms with van der Waals surface area (Å²) in [5.74, 6) is 0.948. The van der Waals surface area contributed by atoms with E-state index < -0.39 is 15.9 Å². The van der Waals surface area contributed by atoms with E-state index in [1.165, 1.54) is 15.6 Å². The molecule has 2 aromatic carbocycles. The third-order valence-corrected chi connectivity index (χ3v) is 7.60. The first kappa shape index (κ1) is 22.2. The number of rotatable bonds is 8. The summed E-state index contributed by atoms with van der Waals surface area (Å²) in [5, 5.41) is 3.60. The number of hydrogen-bond donors (Lipinski definition) is 1. The van der Waals surface area contributed by atoms with E-state index in [-0.39, 0.29) is 24.5 Å². The minimum Gasteiger partial charge on any atom is -0.465 e. The first-order chi connectivity index (χ1) is 15.3. The molecule has 0 bridgehead atoms. The van der Waals surface area contributed by atoms with E-state index in [9.17, 15) is 13.2 Å². The lowest BCUT2D eigenvalue weighted by molar-refractivity contribution is -0.121. The number of thiazole rings is 1. The average Bonchev–Trinajstić information content (AvgIpc) is 3.36. The number of hydrogen-bond acceptors (Lipinski definition) is 6. The molecule has 0 aliphatic heterocycles. The van der Waals surface area contributed by atoms with Crippen LogP contribution in [0, 0.1) is 13.8 Å². The summed E-state index contributed by atoms with van der Waals surface area (Å²) in [6.45, 7) is 3.66. The molecule has 0 unspecified atom stereocenters. The molecular weight excluding hydrogens is 446 g/mol. The van der Waals surface area contributed by atoms with Crippen molar-refractivity contribution in [3.63, 3.8) is 0 Å². The molecule has 0 spiro atoms. The Labute approximate surface area is 190 Å². The molecule has 0 saturated carbocycles. The predicted molar refractivity (Wildman–Crippen MR) is 124 cm³/mol. The molecule has 0 atom stereocenters. The highest BCUT2D eigenvalue weighted by atomic mass is 32.2. The van der Waals surface area contributed by atoms with Gasteiger partial charge in [-0.25, -0.2) is 13.4 Å². The number of aryl methyl sites for hydroxylation is 2.